The first kappa shape index (κ1) is 13.7. The average Bonchev–Trinajstić information content (AvgIpc) is 2.31. The van der Waals surface area contributed by atoms with Gasteiger partial charge in [-0.15, -0.1) is 0 Å². The predicted octanol–water partition coefficient (Wildman–Crippen LogP) is 3.49. The maximum atomic E-state index is 4.41. The molecule has 1 rings (SSSR count). The van der Waals surface area contributed by atoms with Gasteiger partial charge in [0.1, 0.15) is 0 Å². The van der Waals surface area contributed by atoms with Crippen molar-refractivity contribution in [1.82, 2.24) is 9.97 Å². The molecule has 16 heavy (non-hydrogen) atoms. The number of nitrogens with zero attached hydrogens (tertiary/aromatic N) is 3. The molecule has 3 nitrogen and oxygen atoms in total. The number of halogens is 1. The van der Waals surface area contributed by atoms with Gasteiger partial charge < -0.3 is 4.90 Å². The van der Waals surface area contributed by atoms with Crippen molar-refractivity contribution in [3.63, 3.8) is 0 Å². The smallest absolute Gasteiger partial charge is 0.225 e. The number of aromatic nitrogens is 2. The molecule has 0 aliphatic carbocycles. The first-order chi connectivity index (χ1) is 7.69. The monoisotopic (exact) mass is 333 g/mol. The highest BCUT2D eigenvalue weighted by atomic mass is 127. The second kappa shape index (κ2) is 7.04. The van der Waals surface area contributed by atoms with Gasteiger partial charge in [0, 0.05) is 28.6 Å². The normalized spacial score (nSPS) is 12.5. The molecule has 0 saturated heterocycles. The fraction of sp³-hybridized carbons (Fsp3) is 0.667. The lowest BCUT2D eigenvalue weighted by Crippen LogP contribution is -2.34. The van der Waals surface area contributed by atoms with Crippen LogP contribution in [0.4, 0.5) is 5.95 Å². The van der Waals surface area contributed by atoms with E-state index in [4.69, 9.17) is 0 Å². The second-order valence-corrected chi connectivity index (χ2v) is 5.25. The summed E-state index contributed by atoms with van der Waals surface area (Å²) in [5, 5.41) is 0. The third-order valence-corrected chi connectivity index (χ3v) is 3.30. The van der Waals surface area contributed by atoms with Gasteiger partial charge in [0.15, 0.2) is 0 Å². The van der Waals surface area contributed by atoms with Crippen LogP contribution >= 0.6 is 22.6 Å². The van der Waals surface area contributed by atoms with Crippen molar-refractivity contribution in [2.24, 2.45) is 0 Å². The summed E-state index contributed by atoms with van der Waals surface area (Å²) in [6.07, 6.45) is 7.28. The summed E-state index contributed by atoms with van der Waals surface area (Å²) in [6.45, 7) is 7.70. The van der Waals surface area contributed by atoms with Gasteiger partial charge >= 0.3 is 0 Å². The topological polar surface area (TPSA) is 29.0 Å². The molecule has 1 unspecified atom stereocenters. The van der Waals surface area contributed by atoms with Gasteiger partial charge in [0.25, 0.3) is 0 Å². The maximum absolute atomic E-state index is 4.41. The van der Waals surface area contributed by atoms with Crippen molar-refractivity contribution in [3.05, 3.63) is 16.0 Å². The van der Waals surface area contributed by atoms with Crippen LogP contribution in [-0.4, -0.2) is 22.6 Å². The zero-order valence-corrected chi connectivity index (χ0v) is 12.4. The minimum atomic E-state index is 0.506. The van der Waals surface area contributed by atoms with E-state index in [1.165, 1.54) is 12.8 Å². The molecule has 1 aromatic rings. The van der Waals surface area contributed by atoms with Crippen molar-refractivity contribution in [1.29, 1.82) is 0 Å². The van der Waals surface area contributed by atoms with E-state index in [9.17, 15) is 0 Å². The summed E-state index contributed by atoms with van der Waals surface area (Å²) in [6, 6.07) is 0.506. The summed E-state index contributed by atoms with van der Waals surface area (Å²) >= 11 is 2.23. The number of hydrogen-bond acceptors (Lipinski definition) is 3. The van der Waals surface area contributed by atoms with Gasteiger partial charge in [0.05, 0.1) is 0 Å². The van der Waals surface area contributed by atoms with Crippen LogP contribution in [0.2, 0.25) is 0 Å². The Balaban J connectivity index is 2.78. The Hall–Kier alpha value is -0.390. The summed E-state index contributed by atoms with van der Waals surface area (Å²) in [4.78, 5) is 11.1. The fourth-order valence-electron chi connectivity index (χ4n) is 1.52. The Morgan fingerprint density at radius 3 is 2.44 bits per heavy atom. The molecule has 0 saturated carbocycles. The van der Waals surface area contributed by atoms with E-state index in [2.05, 4.69) is 58.2 Å². The standard InChI is InChI=1S/C12H20IN3/c1-4-6-7-16(10(3)5-2)12-14-8-11(13)9-15-12/h8-10H,4-7H2,1-3H3. The molecule has 1 aromatic heterocycles. The molecule has 0 radical (unpaired) electrons. The third kappa shape index (κ3) is 3.88. The quantitative estimate of drug-likeness (QED) is 0.747. The molecule has 0 aromatic carbocycles. The predicted molar refractivity (Wildman–Crippen MR) is 76.8 cm³/mol. The molecule has 0 spiro atoms. The molecule has 4 heteroatoms. The Morgan fingerprint density at radius 2 is 1.94 bits per heavy atom. The van der Waals surface area contributed by atoms with Gasteiger partial charge in [-0.1, -0.05) is 20.3 Å². The summed E-state index contributed by atoms with van der Waals surface area (Å²) in [5.74, 6) is 0.864. The lowest BCUT2D eigenvalue weighted by Gasteiger charge is -2.28. The minimum absolute atomic E-state index is 0.506. The van der Waals surface area contributed by atoms with Gasteiger partial charge in [-0.2, -0.15) is 0 Å². The highest BCUT2D eigenvalue weighted by Crippen LogP contribution is 2.14. The van der Waals surface area contributed by atoms with Crippen molar-refractivity contribution < 1.29 is 0 Å². The first-order valence-corrected chi connectivity index (χ1v) is 7.01. The Labute approximate surface area is 112 Å². The largest absolute Gasteiger partial charge is 0.338 e. The zero-order chi connectivity index (χ0) is 12.0. The molecule has 0 aliphatic heterocycles. The minimum Gasteiger partial charge on any atom is -0.338 e. The first-order valence-electron chi connectivity index (χ1n) is 5.93. The van der Waals surface area contributed by atoms with Gasteiger partial charge in [-0.05, 0) is 42.4 Å². The molecule has 1 atom stereocenters. The number of rotatable bonds is 6. The van der Waals surface area contributed by atoms with Gasteiger partial charge in [-0.3, -0.25) is 0 Å². The Bertz CT molecular complexity index is 300. The highest BCUT2D eigenvalue weighted by Gasteiger charge is 2.14. The maximum Gasteiger partial charge on any atom is 0.225 e. The van der Waals surface area contributed by atoms with Crippen LogP contribution in [0.25, 0.3) is 0 Å². The molecular weight excluding hydrogens is 313 g/mol. The van der Waals surface area contributed by atoms with E-state index >= 15 is 0 Å². The van der Waals surface area contributed by atoms with E-state index in [-0.39, 0.29) is 0 Å². The number of unbranched alkanes of at least 4 members (excludes halogenated alkanes) is 1. The van der Waals surface area contributed by atoms with Crippen LogP contribution in [0.15, 0.2) is 12.4 Å². The van der Waals surface area contributed by atoms with Crippen LogP contribution in [0.3, 0.4) is 0 Å². The molecule has 0 N–H and O–H groups in total. The average molecular weight is 333 g/mol. The van der Waals surface area contributed by atoms with Gasteiger partial charge in [0.2, 0.25) is 5.95 Å². The lowest BCUT2D eigenvalue weighted by molar-refractivity contribution is 0.582. The Morgan fingerprint density at radius 1 is 1.31 bits per heavy atom. The van der Waals surface area contributed by atoms with E-state index in [1.807, 2.05) is 12.4 Å². The molecule has 90 valence electrons. The SMILES string of the molecule is CCCCN(c1ncc(I)cn1)C(C)CC. The van der Waals surface area contributed by atoms with Crippen LogP contribution in [0, 0.1) is 3.57 Å². The zero-order valence-electron chi connectivity index (χ0n) is 10.3. The summed E-state index contributed by atoms with van der Waals surface area (Å²) in [7, 11) is 0. The van der Waals surface area contributed by atoms with E-state index < -0.39 is 0 Å². The number of hydrogen-bond donors (Lipinski definition) is 0. The summed E-state index contributed by atoms with van der Waals surface area (Å²) in [5.41, 5.74) is 0. The molecule has 0 amide bonds. The van der Waals surface area contributed by atoms with Crippen LogP contribution in [0.1, 0.15) is 40.0 Å². The van der Waals surface area contributed by atoms with Crippen LogP contribution in [-0.2, 0) is 0 Å². The molecule has 1 heterocycles. The second-order valence-electron chi connectivity index (χ2n) is 4.01. The lowest BCUT2D eigenvalue weighted by atomic mass is 10.2. The van der Waals surface area contributed by atoms with Crippen molar-refractivity contribution in [2.75, 3.05) is 11.4 Å². The molecule has 0 aliphatic rings. The van der Waals surface area contributed by atoms with Crippen molar-refractivity contribution >= 4 is 28.5 Å². The molecule has 0 bridgehead atoms. The van der Waals surface area contributed by atoms with Crippen LogP contribution in [0.5, 0.6) is 0 Å². The van der Waals surface area contributed by atoms with E-state index in [0.717, 1.165) is 22.5 Å². The summed E-state index contributed by atoms with van der Waals surface area (Å²) < 4.78 is 1.08. The molecular formula is C12H20IN3. The van der Waals surface area contributed by atoms with E-state index in [0.29, 0.717) is 6.04 Å². The number of anilines is 1. The van der Waals surface area contributed by atoms with Gasteiger partial charge in [-0.25, -0.2) is 9.97 Å². The molecule has 0 fully saturated rings. The fourth-order valence-corrected chi connectivity index (χ4v) is 1.80. The van der Waals surface area contributed by atoms with E-state index in [1.54, 1.807) is 0 Å². The third-order valence-electron chi connectivity index (χ3n) is 2.74. The van der Waals surface area contributed by atoms with Crippen LogP contribution < -0.4 is 4.90 Å². The highest BCUT2D eigenvalue weighted by molar-refractivity contribution is 14.1. The Kier molecular flexibility index (Phi) is 6.01. The van der Waals surface area contributed by atoms with Crippen molar-refractivity contribution in [2.45, 2.75) is 46.1 Å². The van der Waals surface area contributed by atoms with Crippen molar-refractivity contribution in [3.8, 4) is 0 Å².